The van der Waals surface area contributed by atoms with E-state index in [9.17, 15) is 13.2 Å². The van der Waals surface area contributed by atoms with Crippen molar-refractivity contribution < 1.29 is 13.2 Å². The summed E-state index contributed by atoms with van der Waals surface area (Å²) in [5.74, 6) is 0.439. The third-order valence-electron chi connectivity index (χ3n) is 3.38. The summed E-state index contributed by atoms with van der Waals surface area (Å²) in [6, 6.07) is 12.8. The van der Waals surface area contributed by atoms with Gasteiger partial charge in [-0.25, -0.2) is 0 Å². The molecule has 8 heteroatoms. The molecule has 0 aliphatic carbocycles. The molecule has 124 valence electrons. The highest BCUT2D eigenvalue weighted by Crippen LogP contribution is 2.29. The number of hydrogen-bond acceptors (Lipinski definition) is 4. The van der Waals surface area contributed by atoms with Crippen LogP contribution in [-0.4, -0.2) is 26.5 Å². The molecule has 0 spiro atoms. The van der Waals surface area contributed by atoms with Gasteiger partial charge >= 0.3 is 6.18 Å². The van der Waals surface area contributed by atoms with Crippen LogP contribution in [0.15, 0.2) is 53.4 Å². The second-order valence-electron chi connectivity index (χ2n) is 5.07. The van der Waals surface area contributed by atoms with Crippen LogP contribution >= 0.6 is 11.8 Å². The van der Waals surface area contributed by atoms with Crippen molar-refractivity contribution in [3.63, 3.8) is 0 Å². The van der Waals surface area contributed by atoms with Crippen molar-refractivity contribution >= 4 is 11.8 Å². The van der Waals surface area contributed by atoms with Crippen molar-refractivity contribution in [2.75, 3.05) is 6.26 Å². The van der Waals surface area contributed by atoms with Crippen LogP contribution in [0.25, 0.3) is 11.4 Å². The normalized spacial score (nSPS) is 11.7. The molecule has 24 heavy (non-hydrogen) atoms. The largest absolute Gasteiger partial charge is 0.416 e. The number of benzene rings is 2. The molecule has 0 radical (unpaired) electrons. The molecule has 0 amide bonds. The number of hydrogen-bond donors (Lipinski definition) is 0. The Kier molecular flexibility index (Phi) is 4.57. The monoisotopic (exact) mass is 350 g/mol. The number of halogens is 3. The third kappa shape index (κ3) is 3.76. The first-order chi connectivity index (χ1) is 11.5. The topological polar surface area (TPSA) is 43.6 Å². The minimum atomic E-state index is -4.37. The maximum Gasteiger partial charge on any atom is 0.416 e. The average Bonchev–Trinajstić information content (AvgIpc) is 3.03. The minimum absolute atomic E-state index is 0.125. The number of rotatable bonds is 4. The predicted molar refractivity (Wildman–Crippen MR) is 85.6 cm³/mol. The Morgan fingerprint density at radius 2 is 1.83 bits per heavy atom. The van der Waals surface area contributed by atoms with Crippen LogP contribution < -0.4 is 0 Å². The number of nitrogens with zero attached hydrogens (tertiary/aromatic N) is 4. The number of thioether (sulfide) groups is 1. The van der Waals surface area contributed by atoms with Gasteiger partial charge in [0.2, 0.25) is 5.82 Å². The second kappa shape index (κ2) is 6.64. The van der Waals surface area contributed by atoms with Crippen molar-refractivity contribution in [2.45, 2.75) is 17.6 Å². The molecule has 0 aliphatic rings. The van der Waals surface area contributed by atoms with E-state index in [4.69, 9.17) is 0 Å². The molecule has 0 unspecified atom stereocenters. The minimum Gasteiger partial charge on any atom is -0.166 e. The lowest BCUT2D eigenvalue weighted by atomic mass is 10.1. The second-order valence-corrected chi connectivity index (χ2v) is 5.95. The lowest BCUT2D eigenvalue weighted by Gasteiger charge is -2.08. The van der Waals surface area contributed by atoms with Crippen LogP contribution in [0.4, 0.5) is 13.2 Å². The number of tetrazole rings is 1. The summed E-state index contributed by atoms with van der Waals surface area (Å²) in [4.78, 5) is 2.41. The fourth-order valence-electron chi connectivity index (χ4n) is 2.18. The highest BCUT2D eigenvalue weighted by molar-refractivity contribution is 7.98. The highest BCUT2D eigenvalue weighted by atomic mass is 32.2. The molecule has 0 fully saturated rings. The summed E-state index contributed by atoms with van der Waals surface area (Å²) < 4.78 is 38.2. The van der Waals surface area contributed by atoms with Gasteiger partial charge in [0, 0.05) is 10.5 Å². The van der Waals surface area contributed by atoms with Gasteiger partial charge in [-0.3, -0.25) is 0 Å². The zero-order chi connectivity index (χ0) is 17.2. The van der Waals surface area contributed by atoms with E-state index in [1.807, 2.05) is 30.5 Å². The van der Waals surface area contributed by atoms with Gasteiger partial charge in [0.15, 0.2) is 0 Å². The molecule has 3 aromatic rings. The van der Waals surface area contributed by atoms with E-state index >= 15 is 0 Å². The van der Waals surface area contributed by atoms with Gasteiger partial charge in [0.05, 0.1) is 12.1 Å². The van der Waals surface area contributed by atoms with Crippen LogP contribution in [0.5, 0.6) is 0 Å². The number of alkyl halides is 3. The molecule has 0 aliphatic heterocycles. The Labute approximate surface area is 140 Å². The maximum atomic E-state index is 12.7. The van der Waals surface area contributed by atoms with Crippen molar-refractivity contribution in [1.82, 2.24) is 20.2 Å². The van der Waals surface area contributed by atoms with E-state index in [0.717, 1.165) is 22.6 Å². The molecule has 0 N–H and O–H groups in total. The fraction of sp³-hybridized carbons (Fsp3) is 0.188. The van der Waals surface area contributed by atoms with Crippen LogP contribution in [0.1, 0.15) is 11.1 Å². The van der Waals surface area contributed by atoms with E-state index in [1.165, 1.54) is 10.9 Å². The summed E-state index contributed by atoms with van der Waals surface area (Å²) in [5, 5.41) is 12.1. The molecule has 3 rings (SSSR count). The van der Waals surface area contributed by atoms with Crippen molar-refractivity contribution in [3.05, 3.63) is 59.7 Å². The molecule has 0 bridgehead atoms. The van der Waals surface area contributed by atoms with Crippen molar-refractivity contribution in [1.29, 1.82) is 0 Å². The van der Waals surface area contributed by atoms with Crippen molar-refractivity contribution in [2.24, 2.45) is 0 Å². The Balaban J connectivity index is 1.79. The van der Waals surface area contributed by atoms with Crippen molar-refractivity contribution in [3.8, 4) is 11.4 Å². The first-order valence-electron chi connectivity index (χ1n) is 7.04. The van der Waals surface area contributed by atoms with E-state index < -0.39 is 11.7 Å². The van der Waals surface area contributed by atoms with Crippen LogP contribution in [-0.2, 0) is 12.7 Å². The van der Waals surface area contributed by atoms with Gasteiger partial charge in [0.1, 0.15) is 0 Å². The van der Waals surface area contributed by atoms with Gasteiger partial charge < -0.3 is 0 Å². The maximum absolute atomic E-state index is 12.7. The average molecular weight is 350 g/mol. The first kappa shape index (κ1) is 16.5. The Bertz CT molecular complexity index is 828. The lowest BCUT2D eigenvalue weighted by molar-refractivity contribution is -0.137. The summed E-state index contributed by atoms with van der Waals surface area (Å²) in [5.41, 5.74) is 0.586. The first-order valence-corrected chi connectivity index (χ1v) is 8.26. The van der Waals surface area contributed by atoms with E-state index in [2.05, 4.69) is 15.4 Å². The van der Waals surface area contributed by atoms with E-state index in [0.29, 0.717) is 11.4 Å². The highest BCUT2D eigenvalue weighted by Gasteiger charge is 2.30. The summed E-state index contributed by atoms with van der Waals surface area (Å²) in [6.45, 7) is 0.125. The van der Waals surface area contributed by atoms with Crippen LogP contribution in [0, 0.1) is 0 Å². The molecule has 0 saturated heterocycles. The quantitative estimate of drug-likeness (QED) is 0.664. The van der Waals surface area contributed by atoms with Gasteiger partial charge in [0.25, 0.3) is 0 Å². The standard InChI is InChI=1S/C16H13F3N4S/c1-24-14-7-5-12(6-8-14)15-20-22-23(21-15)10-11-3-2-4-13(9-11)16(17,18)19/h2-9H,10H2,1H3. The summed E-state index contributed by atoms with van der Waals surface area (Å²) in [7, 11) is 0. The molecule has 2 aromatic carbocycles. The molecule has 1 heterocycles. The summed E-state index contributed by atoms with van der Waals surface area (Å²) in [6.07, 6.45) is -2.38. The smallest absolute Gasteiger partial charge is 0.166 e. The third-order valence-corrected chi connectivity index (χ3v) is 4.12. The SMILES string of the molecule is CSc1ccc(-c2nnn(Cc3cccc(C(F)(F)F)c3)n2)cc1. The van der Waals surface area contributed by atoms with Gasteiger partial charge in [-0.1, -0.05) is 12.1 Å². The van der Waals surface area contributed by atoms with Gasteiger partial charge in [-0.05, 0) is 53.4 Å². The predicted octanol–water partition coefficient (Wildman–Crippen LogP) is 4.13. The zero-order valence-electron chi connectivity index (χ0n) is 12.7. The molecular weight excluding hydrogens is 337 g/mol. The van der Waals surface area contributed by atoms with Gasteiger partial charge in [-0.2, -0.15) is 18.0 Å². The van der Waals surface area contributed by atoms with E-state index in [1.54, 1.807) is 17.8 Å². The van der Waals surface area contributed by atoms with Crippen LogP contribution in [0.2, 0.25) is 0 Å². The molecule has 4 nitrogen and oxygen atoms in total. The van der Waals surface area contributed by atoms with Crippen LogP contribution in [0.3, 0.4) is 0 Å². The number of aromatic nitrogens is 4. The molecule has 0 atom stereocenters. The Morgan fingerprint density at radius 3 is 2.50 bits per heavy atom. The molecule has 1 aromatic heterocycles. The summed E-state index contributed by atoms with van der Waals surface area (Å²) >= 11 is 1.63. The Morgan fingerprint density at radius 1 is 1.08 bits per heavy atom. The molecular formula is C16H13F3N4S. The fourth-order valence-corrected chi connectivity index (χ4v) is 2.58. The van der Waals surface area contributed by atoms with E-state index in [-0.39, 0.29) is 6.54 Å². The van der Waals surface area contributed by atoms with Gasteiger partial charge in [-0.15, -0.1) is 22.0 Å². The lowest BCUT2D eigenvalue weighted by Crippen LogP contribution is -2.08. The zero-order valence-corrected chi connectivity index (χ0v) is 13.5. The molecule has 0 saturated carbocycles. The Hall–Kier alpha value is -2.35.